The highest BCUT2D eigenvalue weighted by molar-refractivity contribution is 6.22. The lowest BCUT2D eigenvalue weighted by atomic mass is 9.94. The van der Waals surface area contributed by atoms with Crippen molar-refractivity contribution < 1.29 is 4.79 Å². The largest absolute Gasteiger partial charge is 0.273 e. The predicted octanol–water partition coefficient (Wildman–Crippen LogP) is 2.25. The van der Waals surface area contributed by atoms with Gasteiger partial charge in [-0.25, -0.2) is 10.2 Å². The summed E-state index contributed by atoms with van der Waals surface area (Å²) < 4.78 is 0. The standard InChI is InChI=1S/C12H14N3O/c1-12(2,3)10(16)15-9-7-5-4-6-8(9)14-11(15)13/h4-7,13H,1-3H3. The number of fused-ring (bicyclic) bond motifs is 1. The van der Waals surface area contributed by atoms with E-state index in [0.29, 0.717) is 11.4 Å². The molecule has 2 rings (SSSR count). The van der Waals surface area contributed by atoms with Crippen LogP contribution in [0.5, 0.6) is 0 Å². The zero-order valence-electron chi connectivity index (χ0n) is 9.61. The van der Waals surface area contributed by atoms with Gasteiger partial charge >= 0.3 is 0 Å². The van der Waals surface area contributed by atoms with Crippen LogP contribution in [0.25, 0.3) is 0 Å². The lowest BCUT2D eigenvalue weighted by molar-refractivity contribution is -0.124. The summed E-state index contributed by atoms with van der Waals surface area (Å²) in [7, 11) is 0. The minimum Gasteiger partial charge on any atom is -0.273 e. The van der Waals surface area contributed by atoms with Gasteiger partial charge in [0, 0.05) is 5.41 Å². The molecule has 1 radical (unpaired) electrons. The number of hydrogen-bond donors (Lipinski definition) is 1. The van der Waals surface area contributed by atoms with E-state index in [0.717, 1.165) is 0 Å². The zero-order chi connectivity index (χ0) is 11.9. The number of amides is 1. The maximum Gasteiger partial charge on any atom is 0.239 e. The monoisotopic (exact) mass is 216 g/mol. The van der Waals surface area contributed by atoms with Crippen LogP contribution in [0.4, 0.5) is 11.4 Å². The Kier molecular flexibility index (Phi) is 2.22. The molecule has 1 heterocycles. The lowest BCUT2D eigenvalue weighted by Crippen LogP contribution is -2.42. The van der Waals surface area contributed by atoms with E-state index in [1.165, 1.54) is 4.90 Å². The van der Waals surface area contributed by atoms with Crippen molar-refractivity contribution in [2.24, 2.45) is 5.41 Å². The number of carbonyl (C=O) groups excluding carboxylic acids is 1. The van der Waals surface area contributed by atoms with Crippen LogP contribution < -0.4 is 10.2 Å². The number of para-hydroxylation sites is 2. The summed E-state index contributed by atoms with van der Waals surface area (Å²) in [4.78, 5) is 13.5. The van der Waals surface area contributed by atoms with E-state index in [4.69, 9.17) is 5.41 Å². The van der Waals surface area contributed by atoms with E-state index < -0.39 is 5.41 Å². The summed E-state index contributed by atoms with van der Waals surface area (Å²) in [5.74, 6) is -0.104. The van der Waals surface area contributed by atoms with Crippen LogP contribution in [-0.4, -0.2) is 11.9 Å². The van der Waals surface area contributed by atoms with Gasteiger partial charge in [0.2, 0.25) is 11.9 Å². The number of benzene rings is 1. The first kappa shape index (κ1) is 10.7. The fraction of sp³-hybridized carbons (Fsp3) is 0.333. The average molecular weight is 216 g/mol. The summed E-state index contributed by atoms with van der Waals surface area (Å²) in [6.07, 6.45) is 0. The van der Waals surface area contributed by atoms with Crippen LogP contribution in [0.15, 0.2) is 24.3 Å². The van der Waals surface area contributed by atoms with E-state index in [1.807, 2.05) is 39.0 Å². The molecule has 4 nitrogen and oxygen atoms in total. The zero-order valence-corrected chi connectivity index (χ0v) is 9.61. The van der Waals surface area contributed by atoms with Crippen molar-refractivity contribution in [2.75, 3.05) is 4.90 Å². The van der Waals surface area contributed by atoms with Crippen LogP contribution in [0.2, 0.25) is 0 Å². The Morgan fingerprint density at radius 1 is 1.31 bits per heavy atom. The third-order valence-electron chi connectivity index (χ3n) is 2.41. The number of nitrogens with zero attached hydrogens (tertiary/aromatic N) is 2. The van der Waals surface area contributed by atoms with Crippen molar-refractivity contribution >= 4 is 23.2 Å². The molecule has 0 fully saturated rings. The Morgan fingerprint density at radius 2 is 1.94 bits per heavy atom. The van der Waals surface area contributed by atoms with Crippen LogP contribution >= 0.6 is 0 Å². The molecule has 16 heavy (non-hydrogen) atoms. The first-order valence-electron chi connectivity index (χ1n) is 5.15. The molecule has 1 aromatic rings. The number of guanidine groups is 1. The topological polar surface area (TPSA) is 58.3 Å². The molecular weight excluding hydrogens is 202 g/mol. The minimum absolute atomic E-state index is 0.00104. The molecule has 1 amide bonds. The van der Waals surface area contributed by atoms with Gasteiger partial charge in [0.1, 0.15) is 0 Å². The molecule has 0 saturated carbocycles. The van der Waals surface area contributed by atoms with Crippen molar-refractivity contribution in [3.05, 3.63) is 24.3 Å². The normalized spacial score (nSPS) is 14.7. The Balaban J connectivity index is 2.44. The molecule has 4 heteroatoms. The number of anilines is 1. The average Bonchev–Trinajstić information content (AvgIpc) is 2.51. The molecule has 0 unspecified atom stereocenters. The van der Waals surface area contributed by atoms with Gasteiger partial charge in [0.25, 0.3) is 0 Å². The van der Waals surface area contributed by atoms with Gasteiger partial charge in [0.05, 0.1) is 11.4 Å². The van der Waals surface area contributed by atoms with Gasteiger partial charge in [-0.15, -0.1) is 0 Å². The van der Waals surface area contributed by atoms with Crippen LogP contribution in [0.1, 0.15) is 20.8 Å². The van der Waals surface area contributed by atoms with Crippen LogP contribution in [0, 0.1) is 10.8 Å². The first-order valence-corrected chi connectivity index (χ1v) is 5.15. The molecule has 0 aromatic heterocycles. The predicted molar refractivity (Wildman–Crippen MR) is 62.9 cm³/mol. The third-order valence-corrected chi connectivity index (χ3v) is 2.41. The molecule has 1 N–H and O–H groups in total. The number of hydrogen-bond acceptors (Lipinski definition) is 2. The van der Waals surface area contributed by atoms with Gasteiger partial charge in [-0.05, 0) is 12.1 Å². The molecule has 0 bridgehead atoms. The van der Waals surface area contributed by atoms with Gasteiger partial charge < -0.3 is 0 Å². The second-order valence-electron chi connectivity index (χ2n) is 4.81. The van der Waals surface area contributed by atoms with E-state index in [9.17, 15) is 4.79 Å². The number of carbonyl (C=O) groups is 1. The maximum absolute atomic E-state index is 12.2. The highest BCUT2D eigenvalue weighted by Gasteiger charge is 2.36. The summed E-state index contributed by atoms with van der Waals surface area (Å²) in [6.45, 7) is 5.51. The highest BCUT2D eigenvalue weighted by atomic mass is 16.2. The van der Waals surface area contributed by atoms with Crippen molar-refractivity contribution in [1.29, 1.82) is 5.41 Å². The van der Waals surface area contributed by atoms with Gasteiger partial charge in [-0.1, -0.05) is 32.9 Å². The molecular formula is C12H14N3O. The van der Waals surface area contributed by atoms with Crippen molar-refractivity contribution in [1.82, 2.24) is 5.32 Å². The quantitative estimate of drug-likeness (QED) is 0.710. The molecule has 0 saturated heterocycles. The number of nitrogens with one attached hydrogen (secondary N) is 1. The van der Waals surface area contributed by atoms with Gasteiger partial charge in [0.15, 0.2) is 0 Å². The smallest absolute Gasteiger partial charge is 0.239 e. The third kappa shape index (κ3) is 1.56. The molecule has 0 atom stereocenters. The molecule has 1 aliphatic rings. The van der Waals surface area contributed by atoms with E-state index >= 15 is 0 Å². The van der Waals surface area contributed by atoms with E-state index in [2.05, 4.69) is 5.32 Å². The SMILES string of the molecule is CC(C)(C)C(=O)N1C(=N)[N]c2ccccc21. The van der Waals surface area contributed by atoms with Crippen LogP contribution in [-0.2, 0) is 4.79 Å². The molecule has 1 aliphatic heterocycles. The first-order chi connectivity index (χ1) is 7.41. The number of rotatable bonds is 0. The molecule has 0 spiro atoms. The van der Waals surface area contributed by atoms with Crippen LogP contribution in [0.3, 0.4) is 0 Å². The summed E-state index contributed by atoms with van der Waals surface area (Å²) in [6, 6.07) is 7.31. The Hall–Kier alpha value is -1.84. The summed E-state index contributed by atoms with van der Waals surface area (Å²) in [5, 5.41) is 11.8. The van der Waals surface area contributed by atoms with Crippen molar-refractivity contribution in [3.8, 4) is 0 Å². The van der Waals surface area contributed by atoms with E-state index in [-0.39, 0.29) is 11.9 Å². The maximum atomic E-state index is 12.2. The van der Waals surface area contributed by atoms with Gasteiger partial charge in [-0.3, -0.25) is 10.2 Å². The molecule has 1 aromatic carbocycles. The molecule has 83 valence electrons. The highest BCUT2D eigenvalue weighted by Crippen LogP contribution is 2.34. The Morgan fingerprint density at radius 3 is 2.56 bits per heavy atom. The fourth-order valence-corrected chi connectivity index (χ4v) is 1.57. The fourth-order valence-electron chi connectivity index (χ4n) is 1.57. The van der Waals surface area contributed by atoms with Crippen molar-refractivity contribution in [3.63, 3.8) is 0 Å². The lowest BCUT2D eigenvalue weighted by Gasteiger charge is -2.24. The second kappa shape index (κ2) is 3.33. The second-order valence-corrected chi connectivity index (χ2v) is 4.81. The Labute approximate surface area is 94.8 Å². The summed E-state index contributed by atoms with van der Waals surface area (Å²) >= 11 is 0. The van der Waals surface area contributed by atoms with E-state index in [1.54, 1.807) is 6.07 Å². The molecule has 0 aliphatic carbocycles. The Bertz CT molecular complexity index is 460. The minimum atomic E-state index is -0.515. The van der Waals surface area contributed by atoms with Crippen molar-refractivity contribution in [2.45, 2.75) is 20.8 Å². The van der Waals surface area contributed by atoms with Gasteiger partial charge in [-0.2, -0.15) is 0 Å². The summed E-state index contributed by atoms with van der Waals surface area (Å²) in [5.41, 5.74) is 0.872.